The molecule has 0 radical (unpaired) electrons. The fraction of sp³-hybridized carbons (Fsp3) is 0.348. The van der Waals surface area contributed by atoms with Crippen LogP contribution in [0.4, 0.5) is 18.9 Å². The highest BCUT2D eigenvalue weighted by Gasteiger charge is 2.39. The second-order valence-corrected chi connectivity index (χ2v) is 8.53. The minimum atomic E-state index is -2.78. The Kier molecular flexibility index (Phi) is 7.34. The van der Waals surface area contributed by atoms with E-state index in [1.807, 2.05) is 0 Å². The largest absolute Gasteiger partial charge is 0.356 e. The zero-order valence-corrected chi connectivity index (χ0v) is 19.0. The van der Waals surface area contributed by atoms with Gasteiger partial charge in [-0.25, -0.2) is 23.1 Å². The molecule has 2 heterocycles. The number of nitrogens with zero attached hydrogens (tertiary/aromatic N) is 4. The predicted molar refractivity (Wildman–Crippen MR) is 120 cm³/mol. The molecule has 2 atom stereocenters. The Morgan fingerprint density at radius 1 is 1.11 bits per heavy atom. The van der Waals surface area contributed by atoms with E-state index in [9.17, 15) is 22.8 Å². The van der Waals surface area contributed by atoms with Crippen LogP contribution in [0.25, 0.3) is 11.3 Å². The van der Waals surface area contributed by atoms with E-state index in [0.717, 1.165) is 4.90 Å². The van der Waals surface area contributed by atoms with Crippen LogP contribution in [-0.4, -0.2) is 44.5 Å². The molecule has 4 rings (SSSR count). The van der Waals surface area contributed by atoms with Crippen molar-refractivity contribution in [3.05, 3.63) is 60.8 Å². The fourth-order valence-electron chi connectivity index (χ4n) is 3.99. The van der Waals surface area contributed by atoms with Gasteiger partial charge in [0.2, 0.25) is 11.8 Å². The molecular weight excluding hydrogens is 487 g/mol. The number of carbonyl (C=O) groups excluding carboxylic acids is 2. The average Bonchev–Trinajstić information content (AvgIpc) is 3.39. The van der Waals surface area contributed by atoms with Gasteiger partial charge in [0.25, 0.3) is 11.5 Å². The molecule has 35 heavy (non-hydrogen) atoms. The molecule has 184 valence electrons. The summed E-state index contributed by atoms with van der Waals surface area (Å²) in [5.74, 6) is -4.19. The van der Waals surface area contributed by atoms with Crippen LogP contribution in [0.2, 0.25) is 0 Å². The van der Waals surface area contributed by atoms with Gasteiger partial charge in [0.05, 0.1) is 6.20 Å². The van der Waals surface area contributed by atoms with Gasteiger partial charge in [0, 0.05) is 54.2 Å². The summed E-state index contributed by atoms with van der Waals surface area (Å²) in [7, 11) is 0. The monoisotopic (exact) mass is 507 g/mol. The Hall–Kier alpha value is -3.47. The lowest BCUT2D eigenvalue weighted by Gasteiger charge is -2.34. The third-order valence-electron chi connectivity index (χ3n) is 5.76. The lowest BCUT2D eigenvalue weighted by molar-refractivity contribution is -0.128. The molecule has 1 N–H and O–H groups in total. The first-order valence-corrected chi connectivity index (χ1v) is 11.2. The van der Waals surface area contributed by atoms with E-state index in [4.69, 9.17) is 16.1 Å². The van der Waals surface area contributed by atoms with Crippen LogP contribution in [0.3, 0.4) is 0 Å². The fourth-order valence-corrected chi connectivity index (χ4v) is 4.10. The van der Waals surface area contributed by atoms with Crippen LogP contribution >= 0.6 is 11.6 Å². The third kappa shape index (κ3) is 5.79. The van der Waals surface area contributed by atoms with Crippen molar-refractivity contribution >= 4 is 29.1 Å². The van der Waals surface area contributed by atoms with E-state index in [0.29, 0.717) is 11.3 Å². The SMILES string of the molecule is O=C(NC1CCC(F)(F)CC1)[C@@H](c1cncnc1)N(C(=O)[C@@H](F)Cl)c1ccc(-c2ccno2)cc1. The summed E-state index contributed by atoms with van der Waals surface area (Å²) < 4.78 is 46.4. The molecule has 1 aliphatic rings. The van der Waals surface area contributed by atoms with Gasteiger partial charge in [-0.05, 0) is 37.1 Å². The van der Waals surface area contributed by atoms with Crippen LogP contribution in [0.5, 0.6) is 0 Å². The van der Waals surface area contributed by atoms with Crippen molar-refractivity contribution < 1.29 is 27.3 Å². The normalized spacial score (nSPS) is 17.4. The second-order valence-electron chi connectivity index (χ2n) is 8.15. The van der Waals surface area contributed by atoms with Crippen molar-refractivity contribution in [3.63, 3.8) is 0 Å². The summed E-state index contributed by atoms with van der Waals surface area (Å²) in [6.07, 6.45) is 4.74. The van der Waals surface area contributed by atoms with E-state index in [1.54, 1.807) is 18.2 Å². The third-order valence-corrected chi connectivity index (χ3v) is 5.94. The first-order chi connectivity index (χ1) is 16.7. The molecule has 0 unspecified atom stereocenters. The van der Waals surface area contributed by atoms with Crippen LogP contribution in [0, 0.1) is 0 Å². The number of alkyl halides is 4. The Morgan fingerprint density at radius 3 is 2.34 bits per heavy atom. The number of benzene rings is 1. The summed E-state index contributed by atoms with van der Waals surface area (Å²) >= 11 is 5.52. The van der Waals surface area contributed by atoms with Crippen LogP contribution in [0.1, 0.15) is 37.3 Å². The minimum absolute atomic E-state index is 0.0673. The van der Waals surface area contributed by atoms with E-state index in [2.05, 4.69) is 20.4 Å². The van der Waals surface area contributed by atoms with E-state index < -0.39 is 35.5 Å². The Bertz CT molecular complexity index is 1140. The Labute approximate surface area is 203 Å². The zero-order valence-electron chi connectivity index (χ0n) is 18.3. The van der Waals surface area contributed by atoms with E-state index in [-0.39, 0.29) is 36.9 Å². The molecule has 0 spiro atoms. The summed E-state index contributed by atoms with van der Waals surface area (Å²) in [4.78, 5) is 35.1. The number of carbonyl (C=O) groups is 2. The number of anilines is 1. The molecule has 2 aromatic heterocycles. The summed E-state index contributed by atoms with van der Waals surface area (Å²) in [6.45, 7) is 0. The molecule has 0 saturated heterocycles. The van der Waals surface area contributed by atoms with Gasteiger partial charge < -0.3 is 9.84 Å². The van der Waals surface area contributed by atoms with Gasteiger partial charge in [-0.15, -0.1) is 0 Å². The van der Waals surface area contributed by atoms with Gasteiger partial charge in [0.1, 0.15) is 12.4 Å². The molecule has 0 bridgehead atoms. The van der Waals surface area contributed by atoms with Crippen molar-refractivity contribution in [2.45, 2.75) is 49.3 Å². The van der Waals surface area contributed by atoms with Crippen LogP contribution < -0.4 is 10.2 Å². The number of aromatic nitrogens is 3. The summed E-state index contributed by atoms with van der Waals surface area (Å²) in [5.41, 5.74) is -1.46. The highest BCUT2D eigenvalue weighted by molar-refractivity contribution is 6.32. The van der Waals surface area contributed by atoms with Crippen molar-refractivity contribution in [1.29, 1.82) is 0 Å². The molecule has 2 amide bonds. The summed E-state index contributed by atoms with van der Waals surface area (Å²) in [5, 5.41) is 6.37. The Morgan fingerprint density at radius 2 is 1.77 bits per heavy atom. The predicted octanol–water partition coefficient (Wildman–Crippen LogP) is 4.43. The number of halogens is 4. The van der Waals surface area contributed by atoms with E-state index in [1.165, 1.54) is 37.1 Å². The van der Waals surface area contributed by atoms with Gasteiger partial charge in [0.15, 0.2) is 5.76 Å². The topological polar surface area (TPSA) is 101 Å². The number of hydrogen-bond acceptors (Lipinski definition) is 6. The minimum Gasteiger partial charge on any atom is -0.356 e. The second kappa shape index (κ2) is 10.4. The molecule has 0 aliphatic heterocycles. The molecule has 3 aromatic rings. The maximum Gasteiger partial charge on any atom is 0.278 e. The molecule has 8 nitrogen and oxygen atoms in total. The maximum atomic E-state index is 14.1. The smallest absolute Gasteiger partial charge is 0.278 e. The quantitative estimate of drug-likeness (QED) is 0.475. The highest BCUT2D eigenvalue weighted by atomic mass is 35.5. The molecule has 1 fully saturated rings. The molecule has 1 saturated carbocycles. The number of amides is 2. The van der Waals surface area contributed by atoms with Crippen molar-refractivity contribution in [2.75, 3.05) is 4.90 Å². The first-order valence-electron chi connectivity index (χ1n) is 10.8. The van der Waals surface area contributed by atoms with Crippen LogP contribution in [0.15, 0.2) is 59.8 Å². The van der Waals surface area contributed by atoms with Crippen molar-refractivity contribution in [1.82, 2.24) is 20.4 Å². The van der Waals surface area contributed by atoms with Gasteiger partial charge in [-0.1, -0.05) is 16.8 Å². The van der Waals surface area contributed by atoms with Gasteiger partial charge in [-0.2, -0.15) is 0 Å². The standard InChI is InChI=1S/C23H21ClF3N5O3/c24-20(25)22(34)32(17-3-1-14(2-4-17)18-7-10-30-35-18)19(15-11-28-13-29-12-15)21(33)31-16-5-8-23(26,27)9-6-16/h1-4,7,10-13,16,19-20H,5-6,8-9H2,(H,31,33)/t19-,20-/m1/s1. The maximum absolute atomic E-state index is 14.1. The number of rotatable bonds is 7. The van der Waals surface area contributed by atoms with Crippen molar-refractivity contribution in [3.8, 4) is 11.3 Å². The lowest BCUT2D eigenvalue weighted by atomic mass is 9.92. The highest BCUT2D eigenvalue weighted by Crippen LogP contribution is 2.35. The van der Waals surface area contributed by atoms with Gasteiger partial charge in [-0.3, -0.25) is 14.5 Å². The first kappa shape index (κ1) is 24.6. The van der Waals surface area contributed by atoms with E-state index >= 15 is 0 Å². The molecule has 12 heteroatoms. The number of nitrogens with one attached hydrogen (secondary N) is 1. The summed E-state index contributed by atoms with van der Waals surface area (Å²) in [6, 6.07) is 5.92. The molecular formula is C23H21ClF3N5O3. The van der Waals surface area contributed by atoms with Gasteiger partial charge >= 0.3 is 0 Å². The Balaban J connectivity index is 1.68. The molecule has 1 aliphatic carbocycles. The zero-order chi connectivity index (χ0) is 25.0. The molecule has 1 aromatic carbocycles. The number of hydrogen-bond donors (Lipinski definition) is 1. The van der Waals surface area contributed by atoms with Crippen LogP contribution in [-0.2, 0) is 9.59 Å². The van der Waals surface area contributed by atoms with Crippen molar-refractivity contribution in [2.24, 2.45) is 0 Å². The lowest BCUT2D eigenvalue weighted by Crippen LogP contribution is -2.49. The average molecular weight is 508 g/mol.